The van der Waals surface area contributed by atoms with Crippen LogP contribution in [-0.2, 0) is 9.13 Å². The Labute approximate surface area is 157 Å². The molecule has 0 aliphatic carbocycles. The van der Waals surface area contributed by atoms with Gasteiger partial charge in [-0.25, -0.2) is 0 Å². The van der Waals surface area contributed by atoms with Crippen molar-refractivity contribution in [2.45, 2.75) is 63.2 Å². The van der Waals surface area contributed by atoms with Crippen molar-refractivity contribution in [3.63, 3.8) is 0 Å². The molecule has 2 nitrogen and oxygen atoms in total. The van der Waals surface area contributed by atoms with Gasteiger partial charge in [-0.1, -0.05) is 90.1 Å². The summed E-state index contributed by atoms with van der Waals surface area (Å²) in [6, 6.07) is 16.2. The first-order valence-electron chi connectivity index (χ1n) is 9.34. The predicted molar refractivity (Wildman–Crippen MR) is 112 cm³/mol. The Morgan fingerprint density at radius 3 is 1.23 bits per heavy atom. The molecule has 138 valence electrons. The number of rotatable bonds is 1. The lowest BCUT2D eigenvalue weighted by atomic mass is 10.0. The summed E-state index contributed by atoms with van der Waals surface area (Å²) < 4.78 is 28.8. The summed E-state index contributed by atoms with van der Waals surface area (Å²) in [4.78, 5) is 0. The van der Waals surface area contributed by atoms with Crippen LogP contribution in [0, 0.1) is 0 Å². The summed E-state index contributed by atoms with van der Waals surface area (Å²) in [6.45, 7) is 12.4. The minimum atomic E-state index is -2.68. The highest BCUT2D eigenvalue weighted by molar-refractivity contribution is 7.79. The van der Waals surface area contributed by atoms with Crippen LogP contribution >= 0.6 is 14.3 Å². The van der Waals surface area contributed by atoms with E-state index in [1.807, 2.05) is 36.4 Å². The smallest absolute Gasteiger partial charge is 0.129 e. The maximum absolute atomic E-state index is 14.4. The first-order valence-corrected chi connectivity index (χ1v) is 12.9. The van der Waals surface area contributed by atoms with Crippen molar-refractivity contribution in [1.29, 1.82) is 0 Å². The molecule has 2 heterocycles. The third kappa shape index (κ3) is 1.96. The fourth-order valence-electron chi connectivity index (χ4n) is 4.93. The molecular formula is C22H28O2P2. The molecule has 0 bridgehead atoms. The molecular weight excluding hydrogens is 358 g/mol. The van der Waals surface area contributed by atoms with Crippen molar-refractivity contribution in [3.05, 3.63) is 59.7 Å². The van der Waals surface area contributed by atoms with Gasteiger partial charge in [-0.2, -0.15) is 0 Å². The fraction of sp³-hybridized carbons (Fsp3) is 0.455. The summed E-state index contributed by atoms with van der Waals surface area (Å²) in [5.74, 6) is 0. The van der Waals surface area contributed by atoms with Gasteiger partial charge in [0.05, 0.1) is 11.3 Å². The Morgan fingerprint density at radius 2 is 0.923 bits per heavy atom. The van der Waals surface area contributed by atoms with Gasteiger partial charge in [0.1, 0.15) is 14.3 Å². The van der Waals surface area contributed by atoms with E-state index in [0.717, 1.165) is 21.7 Å². The van der Waals surface area contributed by atoms with Crippen molar-refractivity contribution in [3.8, 4) is 0 Å². The average molecular weight is 386 g/mol. The highest BCUT2D eigenvalue weighted by Crippen LogP contribution is 2.87. The van der Waals surface area contributed by atoms with E-state index in [0.29, 0.717) is 0 Å². The van der Waals surface area contributed by atoms with E-state index in [1.165, 1.54) is 0 Å². The van der Waals surface area contributed by atoms with E-state index in [9.17, 15) is 9.13 Å². The third-order valence-corrected chi connectivity index (χ3v) is 15.5. The van der Waals surface area contributed by atoms with Crippen molar-refractivity contribution in [1.82, 2.24) is 0 Å². The lowest BCUT2D eigenvalue weighted by molar-refractivity contribution is 0.513. The number of hydrogen-bond acceptors (Lipinski definition) is 2. The molecule has 0 saturated heterocycles. The second-order valence-corrected chi connectivity index (χ2v) is 17.1. The number of hydrogen-bond donors (Lipinski definition) is 0. The second-order valence-electron chi connectivity index (χ2n) is 9.66. The van der Waals surface area contributed by atoms with Gasteiger partial charge in [0.2, 0.25) is 0 Å². The molecule has 4 atom stereocenters. The first-order chi connectivity index (χ1) is 12.0. The summed E-state index contributed by atoms with van der Waals surface area (Å²) in [5.41, 5.74) is 2.04. The minimum Gasteiger partial charge on any atom is -0.317 e. The van der Waals surface area contributed by atoms with Crippen molar-refractivity contribution in [2.24, 2.45) is 0 Å². The summed E-state index contributed by atoms with van der Waals surface area (Å²) in [7, 11) is -5.35. The number of fused-ring (bicyclic) bond motifs is 2. The Kier molecular flexibility index (Phi) is 3.68. The van der Waals surface area contributed by atoms with E-state index < -0.39 is 14.3 Å². The van der Waals surface area contributed by atoms with E-state index in [2.05, 4.69) is 53.7 Å². The van der Waals surface area contributed by atoms with E-state index >= 15 is 0 Å². The predicted octanol–water partition coefficient (Wildman–Crippen LogP) is 6.07. The van der Waals surface area contributed by atoms with Crippen molar-refractivity contribution >= 4 is 24.9 Å². The molecule has 2 aliphatic rings. The fourth-order valence-corrected chi connectivity index (χ4v) is 13.5. The van der Waals surface area contributed by atoms with Gasteiger partial charge < -0.3 is 9.13 Å². The van der Waals surface area contributed by atoms with Crippen LogP contribution in [0.3, 0.4) is 0 Å². The van der Waals surface area contributed by atoms with Crippen molar-refractivity contribution < 1.29 is 9.13 Å². The highest BCUT2D eigenvalue weighted by atomic mass is 31.2. The molecule has 0 radical (unpaired) electrons. The van der Waals surface area contributed by atoms with Crippen LogP contribution in [0.25, 0.3) is 0 Å². The van der Waals surface area contributed by atoms with E-state index in [4.69, 9.17) is 0 Å². The lowest BCUT2D eigenvalue weighted by Gasteiger charge is -2.57. The van der Waals surface area contributed by atoms with Crippen LogP contribution in [0.5, 0.6) is 0 Å². The van der Waals surface area contributed by atoms with Gasteiger partial charge in [-0.3, -0.25) is 0 Å². The molecule has 0 saturated carbocycles. The molecule has 2 unspecified atom stereocenters. The van der Waals surface area contributed by atoms with Gasteiger partial charge in [-0.05, 0) is 11.1 Å². The number of benzene rings is 2. The lowest BCUT2D eigenvalue weighted by Crippen LogP contribution is -2.47. The van der Waals surface area contributed by atoms with Gasteiger partial charge in [0, 0.05) is 20.9 Å². The maximum Gasteiger partial charge on any atom is 0.129 e. The standard InChI is InChI=1S/C22H28O2P2/c1-21(2,3)25(23)17-13-9-7-11-15(17)19(25)20-16-12-8-10-14-18(16)26(20,24)22(4,5)6/h7-14,19-20H,1-6H3/t19-,20-,25?,26?/m1/s1. The Bertz CT molecular complexity index is 910. The molecule has 0 amide bonds. The quantitative estimate of drug-likeness (QED) is 0.558. The zero-order valence-corrected chi connectivity index (χ0v) is 18.3. The van der Waals surface area contributed by atoms with Crippen LogP contribution in [0.1, 0.15) is 64.0 Å². The Balaban J connectivity index is 1.98. The topological polar surface area (TPSA) is 34.1 Å². The monoisotopic (exact) mass is 386 g/mol. The van der Waals surface area contributed by atoms with E-state index in [-0.39, 0.29) is 21.6 Å². The molecule has 0 spiro atoms. The molecule has 0 N–H and O–H groups in total. The second kappa shape index (κ2) is 5.24. The molecule has 2 aliphatic heterocycles. The molecule has 4 rings (SSSR count). The van der Waals surface area contributed by atoms with Crippen LogP contribution in [0.2, 0.25) is 0 Å². The summed E-state index contributed by atoms with van der Waals surface area (Å²) >= 11 is 0. The van der Waals surface area contributed by atoms with Crippen molar-refractivity contribution in [2.75, 3.05) is 0 Å². The molecule has 2 aromatic carbocycles. The van der Waals surface area contributed by atoms with Crippen LogP contribution in [0.4, 0.5) is 0 Å². The molecule has 0 aromatic heterocycles. The zero-order valence-electron chi connectivity index (χ0n) is 16.5. The Hall–Kier alpha value is -1.10. The molecule has 26 heavy (non-hydrogen) atoms. The largest absolute Gasteiger partial charge is 0.317 e. The third-order valence-electron chi connectivity index (χ3n) is 6.30. The van der Waals surface area contributed by atoms with E-state index in [1.54, 1.807) is 0 Å². The van der Waals surface area contributed by atoms with Gasteiger partial charge in [0.15, 0.2) is 0 Å². The van der Waals surface area contributed by atoms with Gasteiger partial charge >= 0.3 is 0 Å². The normalized spacial score (nSPS) is 32.8. The summed E-state index contributed by atoms with van der Waals surface area (Å²) in [6.07, 6.45) is 0. The SMILES string of the molecule is CC(C)(C)P1(=O)c2ccccc2[C@@H]1[C@H]1c2ccccc2P1(=O)C(C)(C)C. The first kappa shape index (κ1) is 18.3. The molecule has 4 heteroatoms. The Morgan fingerprint density at radius 1 is 0.615 bits per heavy atom. The van der Waals surface area contributed by atoms with Crippen LogP contribution < -0.4 is 10.6 Å². The summed E-state index contributed by atoms with van der Waals surface area (Å²) in [5, 5.41) is 1.34. The zero-order chi connectivity index (χ0) is 19.1. The van der Waals surface area contributed by atoms with Crippen LogP contribution in [0.15, 0.2) is 48.5 Å². The maximum atomic E-state index is 14.4. The molecule has 0 fully saturated rings. The molecule has 2 aromatic rings. The van der Waals surface area contributed by atoms with Gasteiger partial charge in [-0.15, -0.1) is 0 Å². The minimum absolute atomic E-state index is 0.126. The van der Waals surface area contributed by atoms with Crippen LogP contribution in [-0.4, -0.2) is 10.3 Å². The average Bonchev–Trinajstić information content (AvgIpc) is 2.56. The highest BCUT2D eigenvalue weighted by Gasteiger charge is 2.66. The van der Waals surface area contributed by atoms with Gasteiger partial charge in [0.25, 0.3) is 0 Å².